The molecule has 2 amide bonds. The minimum Gasteiger partial charge on any atom is -0.495 e. The highest BCUT2D eigenvalue weighted by Crippen LogP contribution is 2.28. The predicted molar refractivity (Wildman–Crippen MR) is 110 cm³/mol. The molecule has 1 atom stereocenters. The lowest BCUT2D eigenvalue weighted by Crippen LogP contribution is -2.52. The molecule has 7 nitrogen and oxygen atoms in total. The maximum atomic E-state index is 12.6. The number of benzene rings is 2. The van der Waals surface area contributed by atoms with Crippen LogP contribution in [0.4, 0.5) is 11.4 Å². The minimum absolute atomic E-state index is 0.0717. The predicted octanol–water partition coefficient (Wildman–Crippen LogP) is 1.94. The number of hydrogen-bond donors (Lipinski definition) is 2. The molecule has 0 aromatic heterocycles. The van der Waals surface area contributed by atoms with Crippen molar-refractivity contribution >= 4 is 23.2 Å². The van der Waals surface area contributed by atoms with Gasteiger partial charge in [-0.2, -0.15) is 0 Å². The van der Waals surface area contributed by atoms with Gasteiger partial charge in [-0.15, -0.1) is 0 Å². The molecule has 2 aromatic rings. The maximum Gasteiger partial charge on any atom is 0.248 e. The van der Waals surface area contributed by atoms with E-state index in [1.165, 1.54) is 0 Å². The SMILES string of the molecule is COc1ccccc1N1CCN([C@H](C)C(=O)Nc2ccc(C(N)=O)cc2)CC1. The van der Waals surface area contributed by atoms with E-state index in [9.17, 15) is 9.59 Å². The van der Waals surface area contributed by atoms with Crippen LogP contribution in [0.2, 0.25) is 0 Å². The van der Waals surface area contributed by atoms with Crippen LogP contribution in [0, 0.1) is 0 Å². The fourth-order valence-corrected chi connectivity index (χ4v) is 3.37. The van der Waals surface area contributed by atoms with Gasteiger partial charge in [-0.05, 0) is 43.3 Å². The van der Waals surface area contributed by atoms with Crippen LogP contribution >= 0.6 is 0 Å². The first-order valence-corrected chi connectivity index (χ1v) is 9.32. The number of nitrogens with one attached hydrogen (secondary N) is 1. The summed E-state index contributed by atoms with van der Waals surface area (Å²) in [7, 11) is 1.68. The zero-order valence-corrected chi connectivity index (χ0v) is 16.2. The Bertz CT molecular complexity index is 830. The van der Waals surface area contributed by atoms with Gasteiger partial charge in [0.1, 0.15) is 5.75 Å². The molecule has 0 bridgehead atoms. The maximum absolute atomic E-state index is 12.6. The van der Waals surface area contributed by atoms with Crippen LogP contribution in [0.3, 0.4) is 0 Å². The highest BCUT2D eigenvalue weighted by atomic mass is 16.5. The highest BCUT2D eigenvalue weighted by Gasteiger charge is 2.26. The van der Waals surface area contributed by atoms with E-state index in [1.807, 2.05) is 25.1 Å². The number of primary amides is 1. The van der Waals surface area contributed by atoms with Crippen LogP contribution in [0.5, 0.6) is 5.75 Å². The Kier molecular flexibility index (Phi) is 6.16. The molecule has 2 aromatic carbocycles. The highest BCUT2D eigenvalue weighted by molar-refractivity contribution is 5.96. The van der Waals surface area contributed by atoms with Gasteiger partial charge < -0.3 is 20.7 Å². The molecular formula is C21H26N4O3. The van der Waals surface area contributed by atoms with E-state index in [4.69, 9.17) is 10.5 Å². The molecular weight excluding hydrogens is 356 g/mol. The normalized spacial score (nSPS) is 15.7. The Morgan fingerprint density at radius 1 is 1.04 bits per heavy atom. The first-order valence-electron chi connectivity index (χ1n) is 9.32. The van der Waals surface area contributed by atoms with Gasteiger partial charge in [0.15, 0.2) is 0 Å². The van der Waals surface area contributed by atoms with Crippen molar-refractivity contribution in [2.45, 2.75) is 13.0 Å². The number of amides is 2. The average molecular weight is 382 g/mol. The van der Waals surface area contributed by atoms with Gasteiger partial charge >= 0.3 is 0 Å². The molecule has 1 saturated heterocycles. The molecule has 1 fully saturated rings. The summed E-state index contributed by atoms with van der Waals surface area (Å²) in [6, 6.07) is 14.3. The zero-order chi connectivity index (χ0) is 20.1. The van der Waals surface area contributed by atoms with Gasteiger partial charge in [0.2, 0.25) is 11.8 Å². The molecule has 0 aliphatic carbocycles. The van der Waals surface area contributed by atoms with Crippen molar-refractivity contribution in [2.24, 2.45) is 5.73 Å². The van der Waals surface area contributed by atoms with Gasteiger partial charge in [-0.1, -0.05) is 12.1 Å². The van der Waals surface area contributed by atoms with Crippen LogP contribution in [-0.4, -0.2) is 56.0 Å². The molecule has 0 spiro atoms. The quantitative estimate of drug-likeness (QED) is 0.797. The van der Waals surface area contributed by atoms with Crippen LogP contribution in [-0.2, 0) is 4.79 Å². The van der Waals surface area contributed by atoms with Gasteiger partial charge in [0, 0.05) is 37.4 Å². The van der Waals surface area contributed by atoms with Gasteiger partial charge in [0.05, 0.1) is 18.8 Å². The number of carbonyl (C=O) groups is 2. The third-order valence-corrected chi connectivity index (χ3v) is 5.10. The zero-order valence-electron chi connectivity index (χ0n) is 16.2. The molecule has 3 N–H and O–H groups in total. The lowest BCUT2D eigenvalue weighted by molar-refractivity contribution is -0.120. The molecule has 28 heavy (non-hydrogen) atoms. The lowest BCUT2D eigenvalue weighted by Gasteiger charge is -2.38. The molecule has 7 heteroatoms. The number of nitrogens with zero attached hydrogens (tertiary/aromatic N) is 2. The Morgan fingerprint density at radius 3 is 2.29 bits per heavy atom. The van der Waals surface area contributed by atoms with Crippen molar-refractivity contribution in [3.63, 3.8) is 0 Å². The largest absolute Gasteiger partial charge is 0.495 e. The van der Waals surface area contributed by atoms with E-state index in [0.717, 1.165) is 37.6 Å². The second-order valence-electron chi connectivity index (χ2n) is 6.80. The van der Waals surface area contributed by atoms with Crippen LogP contribution in [0.25, 0.3) is 0 Å². The summed E-state index contributed by atoms with van der Waals surface area (Å²) >= 11 is 0. The smallest absolute Gasteiger partial charge is 0.248 e. The fourth-order valence-electron chi connectivity index (χ4n) is 3.37. The number of para-hydroxylation sites is 2. The number of piperazine rings is 1. The minimum atomic E-state index is -0.487. The van der Waals surface area contributed by atoms with Crippen molar-refractivity contribution in [1.82, 2.24) is 4.90 Å². The first-order chi connectivity index (χ1) is 13.5. The van der Waals surface area contributed by atoms with Crippen molar-refractivity contribution in [3.8, 4) is 5.75 Å². The molecule has 0 saturated carbocycles. The number of rotatable bonds is 6. The Hall–Kier alpha value is -3.06. The van der Waals surface area contributed by atoms with Gasteiger partial charge in [-0.25, -0.2) is 0 Å². The number of nitrogens with two attached hydrogens (primary N) is 1. The third-order valence-electron chi connectivity index (χ3n) is 5.10. The third kappa shape index (κ3) is 4.43. The van der Waals surface area contributed by atoms with Gasteiger partial charge in [-0.3, -0.25) is 14.5 Å². The van der Waals surface area contributed by atoms with E-state index in [1.54, 1.807) is 31.4 Å². The molecule has 3 rings (SSSR count). The lowest BCUT2D eigenvalue weighted by atomic mass is 10.1. The second-order valence-corrected chi connectivity index (χ2v) is 6.80. The Morgan fingerprint density at radius 2 is 1.68 bits per heavy atom. The summed E-state index contributed by atoms with van der Waals surface area (Å²) in [4.78, 5) is 28.2. The summed E-state index contributed by atoms with van der Waals surface area (Å²) in [5, 5.41) is 2.90. The average Bonchev–Trinajstić information content (AvgIpc) is 2.73. The van der Waals surface area contributed by atoms with Crippen molar-refractivity contribution < 1.29 is 14.3 Å². The molecule has 1 heterocycles. The van der Waals surface area contributed by atoms with Crippen molar-refractivity contribution in [2.75, 3.05) is 43.5 Å². The molecule has 0 unspecified atom stereocenters. The second kappa shape index (κ2) is 8.75. The summed E-state index contributed by atoms with van der Waals surface area (Å²) in [6.07, 6.45) is 0. The summed E-state index contributed by atoms with van der Waals surface area (Å²) in [6.45, 7) is 5.13. The number of anilines is 2. The Labute approximate surface area is 165 Å². The standard InChI is InChI=1S/C21H26N4O3/c1-15(21(27)23-17-9-7-16(8-10-17)20(22)26)24-11-13-25(14-12-24)18-5-3-4-6-19(18)28-2/h3-10,15H,11-14H2,1-2H3,(H2,22,26)(H,23,27)/t15-/m1/s1. The number of methoxy groups -OCH3 is 1. The number of hydrogen-bond acceptors (Lipinski definition) is 5. The van der Waals surface area contributed by atoms with Crippen molar-refractivity contribution in [3.05, 3.63) is 54.1 Å². The summed E-state index contributed by atoms with van der Waals surface area (Å²) in [5.74, 6) is 0.304. The molecule has 1 aliphatic rings. The first kappa shape index (κ1) is 19.7. The number of carbonyl (C=O) groups excluding carboxylic acids is 2. The summed E-state index contributed by atoms with van der Waals surface area (Å²) in [5.41, 5.74) is 7.38. The monoisotopic (exact) mass is 382 g/mol. The summed E-state index contributed by atoms with van der Waals surface area (Å²) < 4.78 is 5.45. The topological polar surface area (TPSA) is 87.9 Å². The molecule has 148 valence electrons. The van der Waals surface area contributed by atoms with Gasteiger partial charge in [0.25, 0.3) is 0 Å². The number of ether oxygens (including phenoxy) is 1. The van der Waals surface area contributed by atoms with E-state index in [2.05, 4.69) is 21.2 Å². The van der Waals surface area contributed by atoms with Crippen LogP contribution in [0.1, 0.15) is 17.3 Å². The Balaban J connectivity index is 1.56. The van der Waals surface area contributed by atoms with Crippen molar-refractivity contribution in [1.29, 1.82) is 0 Å². The van der Waals surface area contributed by atoms with E-state index >= 15 is 0 Å². The fraction of sp³-hybridized carbons (Fsp3) is 0.333. The van der Waals surface area contributed by atoms with Crippen LogP contribution in [0.15, 0.2) is 48.5 Å². The van der Waals surface area contributed by atoms with E-state index in [0.29, 0.717) is 11.3 Å². The van der Waals surface area contributed by atoms with Crippen LogP contribution < -0.4 is 20.7 Å². The van der Waals surface area contributed by atoms with E-state index < -0.39 is 5.91 Å². The molecule has 0 radical (unpaired) electrons. The molecule has 1 aliphatic heterocycles. The van der Waals surface area contributed by atoms with E-state index in [-0.39, 0.29) is 11.9 Å².